The van der Waals surface area contributed by atoms with Crippen molar-refractivity contribution in [1.82, 2.24) is 0 Å². The molecule has 4 aliphatic rings. The van der Waals surface area contributed by atoms with Crippen molar-refractivity contribution in [1.29, 1.82) is 0 Å². The lowest BCUT2D eigenvalue weighted by molar-refractivity contribution is -0.153. The Morgan fingerprint density at radius 1 is 1.03 bits per heavy atom. The lowest BCUT2D eigenvalue weighted by Crippen LogP contribution is -2.68. The molecule has 2 N–H and O–H groups in total. The topological polar surface area (TPSA) is 26.0 Å². The molecule has 0 radical (unpaired) electrons. The van der Waals surface area contributed by atoms with E-state index < -0.39 is 0 Å². The van der Waals surface area contributed by atoms with Gasteiger partial charge in [0.25, 0.3) is 0 Å². The predicted molar refractivity (Wildman–Crippen MR) is 126 cm³/mol. The Labute approximate surface area is 181 Å². The molecule has 4 saturated carbocycles. The van der Waals surface area contributed by atoms with Gasteiger partial charge in [0.2, 0.25) is 0 Å². The second-order valence-electron chi connectivity index (χ2n) is 13.1. The molecular weight excluding hydrogens is 350 g/mol. The molecule has 1 heteroatoms. The first-order valence-corrected chi connectivity index (χ1v) is 12.9. The van der Waals surface area contributed by atoms with Crippen LogP contribution in [0.3, 0.4) is 0 Å². The van der Waals surface area contributed by atoms with Gasteiger partial charge in [0.15, 0.2) is 0 Å². The summed E-state index contributed by atoms with van der Waals surface area (Å²) in [6.07, 6.45) is 13.7. The molecule has 10 atom stereocenters. The fraction of sp³-hybridized carbons (Fsp3) is 0.929. The highest BCUT2D eigenvalue weighted by Crippen LogP contribution is 2.70. The largest absolute Gasteiger partial charge is 0.325 e. The number of rotatable bonds is 4. The fourth-order valence-electron chi connectivity index (χ4n) is 9.72. The van der Waals surface area contributed by atoms with E-state index in [9.17, 15) is 0 Å². The highest BCUT2D eigenvalue weighted by Gasteiger charge is 2.65. The summed E-state index contributed by atoms with van der Waals surface area (Å²) in [6, 6.07) is 0. The first kappa shape index (κ1) is 21.9. The SMILES string of the molecule is C=C(C)CCC(C)C1CCC2C3C(C)CC4(N)C[C@H](C)CCC4(C)C3CCC12C. The zero-order valence-electron chi connectivity index (χ0n) is 20.4. The first-order valence-electron chi connectivity index (χ1n) is 12.9. The van der Waals surface area contributed by atoms with E-state index in [4.69, 9.17) is 5.73 Å². The molecule has 0 bridgehead atoms. The maximum absolute atomic E-state index is 7.29. The number of hydrogen-bond donors (Lipinski definition) is 1. The van der Waals surface area contributed by atoms with Crippen molar-refractivity contribution in [2.24, 2.45) is 58.0 Å². The lowest BCUT2D eigenvalue weighted by Gasteiger charge is -2.67. The maximum Gasteiger partial charge on any atom is 0.0216 e. The molecular formula is C28H49N. The van der Waals surface area contributed by atoms with Gasteiger partial charge in [-0.1, -0.05) is 46.6 Å². The molecule has 0 spiro atoms. The van der Waals surface area contributed by atoms with Crippen molar-refractivity contribution in [3.05, 3.63) is 12.2 Å². The fourth-order valence-corrected chi connectivity index (χ4v) is 9.72. The molecule has 0 amide bonds. The molecule has 0 aromatic carbocycles. The van der Waals surface area contributed by atoms with E-state index in [2.05, 4.69) is 48.1 Å². The second-order valence-corrected chi connectivity index (χ2v) is 13.1. The van der Waals surface area contributed by atoms with Crippen molar-refractivity contribution in [2.75, 3.05) is 0 Å². The van der Waals surface area contributed by atoms with Gasteiger partial charge in [-0.05, 0) is 117 Å². The van der Waals surface area contributed by atoms with Crippen molar-refractivity contribution >= 4 is 0 Å². The number of hydrogen-bond acceptors (Lipinski definition) is 1. The Hall–Kier alpha value is -0.300. The number of allylic oxidation sites excluding steroid dienone is 1. The van der Waals surface area contributed by atoms with Gasteiger partial charge in [-0.25, -0.2) is 0 Å². The Kier molecular flexibility index (Phi) is 5.58. The minimum absolute atomic E-state index is 0.0891. The van der Waals surface area contributed by atoms with Crippen LogP contribution in [0.2, 0.25) is 0 Å². The van der Waals surface area contributed by atoms with Gasteiger partial charge < -0.3 is 5.73 Å². The molecule has 0 aliphatic heterocycles. The molecule has 29 heavy (non-hydrogen) atoms. The number of fused-ring (bicyclic) bond motifs is 5. The van der Waals surface area contributed by atoms with Crippen LogP contribution < -0.4 is 5.73 Å². The quantitative estimate of drug-likeness (QED) is 0.484. The van der Waals surface area contributed by atoms with Gasteiger partial charge in [0, 0.05) is 5.54 Å². The zero-order chi connectivity index (χ0) is 21.2. The van der Waals surface area contributed by atoms with Gasteiger partial charge in [0.05, 0.1) is 0 Å². The monoisotopic (exact) mass is 399 g/mol. The van der Waals surface area contributed by atoms with Gasteiger partial charge in [-0.3, -0.25) is 0 Å². The van der Waals surface area contributed by atoms with Gasteiger partial charge in [0.1, 0.15) is 0 Å². The van der Waals surface area contributed by atoms with Crippen LogP contribution in [0.1, 0.15) is 106 Å². The van der Waals surface area contributed by atoms with E-state index >= 15 is 0 Å². The molecule has 4 rings (SSSR count). The molecule has 4 aliphatic carbocycles. The van der Waals surface area contributed by atoms with Crippen LogP contribution in [-0.4, -0.2) is 5.54 Å². The van der Waals surface area contributed by atoms with Crippen LogP contribution >= 0.6 is 0 Å². The molecule has 4 fully saturated rings. The molecule has 0 heterocycles. The highest BCUT2D eigenvalue weighted by atomic mass is 14.9. The van der Waals surface area contributed by atoms with Crippen molar-refractivity contribution in [3.8, 4) is 0 Å². The summed E-state index contributed by atoms with van der Waals surface area (Å²) in [5, 5.41) is 0. The standard InChI is InChI=1S/C28H49N/c1-18(2)8-9-20(4)22-10-11-23-25-21(5)17-28(29)16-19(3)12-15-27(28,7)24(25)13-14-26(22,23)6/h19-25H,1,8-17,29H2,2-7H3/t19-,20?,21?,22?,23?,24?,25?,26?,27?,28?/m1/s1. The average molecular weight is 400 g/mol. The van der Waals surface area contributed by atoms with E-state index in [1.165, 1.54) is 69.8 Å². The lowest BCUT2D eigenvalue weighted by atomic mass is 9.40. The van der Waals surface area contributed by atoms with Crippen LogP contribution in [0.4, 0.5) is 0 Å². The van der Waals surface area contributed by atoms with Crippen LogP contribution in [-0.2, 0) is 0 Å². The van der Waals surface area contributed by atoms with Gasteiger partial charge >= 0.3 is 0 Å². The summed E-state index contributed by atoms with van der Waals surface area (Å²) >= 11 is 0. The maximum atomic E-state index is 7.29. The third kappa shape index (κ3) is 3.28. The van der Waals surface area contributed by atoms with E-state index in [1.807, 2.05) is 0 Å². The molecule has 0 aromatic rings. The molecule has 0 saturated heterocycles. The highest BCUT2D eigenvalue weighted by molar-refractivity contribution is 5.17. The molecule has 9 unspecified atom stereocenters. The minimum atomic E-state index is 0.0891. The average Bonchev–Trinajstić information content (AvgIpc) is 2.98. The van der Waals surface area contributed by atoms with E-state index in [0.29, 0.717) is 10.8 Å². The van der Waals surface area contributed by atoms with Crippen molar-refractivity contribution < 1.29 is 0 Å². The summed E-state index contributed by atoms with van der Waals surface area (Å²) in [6.45, 7) is 19.2. The van der Waals surface area contributed by atoms with Gasteiger partial charge in [-0.15, -0.1) is 6.58 Å². The van der Waals surface area contributed by atoms with Crippen molar-refractivity contribution in [3.63, 3.8) is 0 Å². The normalized spacial score (nSPS) is 52.9. The first-order chi connectivity index (χ1) is 13.5. The Morgan fingerprint density at radius 2 is 1.76 bits per heavy atom. The smallest absolute Gasteiger partial charge is 0.0216 e. The van der Waals surface area contributed by atoms with Crippen LogP contribution in [0.5, 0.6) is 0 Å². The summed E-state index contributed by atoms with van der Waals surface area (Å²) in [4.78, 5) is 0. The van der Waals surface area contributed by atoms with E-state index in [-0.39, 0.29) is 5.54 Å². The predicted octanol–water partition coefficient (Wildman–Crippen LogP) is 7.60. The Bertz CT molecular complexity index is 638. The zero-order valence-corrected chi connectivity index (χ0v) is 20.4. The Morgan fingerprint density at radius 3 is 2.45 bits per heavy atom. The summed E-state index contributed by atoms with van der Waals surface area (Å²) in [7, 11) is 0. The summed E-state index contributed by atoms with van der Waals surface area (Å²) < 4.78 is 0. The van der Waals surface area contributed by atoms with Crippen molar-refractivity contribution in [2.45, 2.75) is 111 Å². The second kappa shape index (κ2) is 7.39. The molecule has 1 nitrogen and oxygen atoms in total. The van der Waals surface area contributed by atoms with E-state index in [1.54, 1.807) is 0 Å². The van der Waals surface area contributed by atoms with Crippen LogP contribution in [0.15, 0.2) is 12.2 Å². The molecule has 0 aromatic heterocycles. The Balaban J connectivity index is 1.59. The van der Waals surface area contributed by atoms with Crippen LogP contribution in [0.25, 0.3) is 0 Å². The summed E-state index contributed by atoms with van der Waals surface area (Å²) in [5.74, 6) is 6.11. The van der Waals surface area contributed by atoms with Gasteiger partial charge in [-0.2, -0.15) is 0 Å². The minimum Gasteiger partial charge on any atom is -0.325 e. The third-order valence-corrected chi connectivity index (χ3v) is 11.3. The summed E-state index contributed by atoms with van der Waals surface area (Å²) in [5.41, 5.74) is 9.68. The molecule has 166 valence electrons. The van der Waals surface area contributed by atoms with Crippen LogP contribution in [0, 0.1) is 52.3 Å². The number of nitrogens with two attached hydrogens (primary N) is 1. The third-order valence-electron chi connectivity index (χ3n) is 11.3. The van der Waals surface area contributed by atoms with E-state index in [0.717, 1.165) is 41.4 Å².